The van der Waals surface area contributed by atoms with Gasteiger partial charge in [-0.05, 0) is 18.6 Å². The van der Waals surface area contributed by atoms with E-state index in [1.54, 1.807) is 12.4 Å². The number of nitrogens with one attached hydrogen (secondary N) is 1. The third-order valence-electron chi connectivity index (χ3n) is 2.11. The molecule has 0 aliphatic heterocycles. The van der Waals surface area contributed by atoms with Crippen LogP contribution in [-0.2, 0) is 4.79 Å². The van der Waals surface area contributed by atoms with Crippen LogP contribution in [0.3, 0.4) is 0 Å². The lowest BCUT2D eigenvalue weighted by molar-refractivity contribution is -0.132. The van der Waals surface area contributed by atoms with Crippen molar-refractivity contribution in [2.24, 2.45) is 0 Å². The molecule has 0 amide bonds. The first kappa shape index (κ1) is 11.4. The first-order chi connectivity index (χ1) is 7.11. The van der Waals surface area contributed by atoms with Crippen LogP contribution in [0.25, 0.3) is 0 Å². The van der Waals surface area contributed by atoms with Gasteiger partial charge < -0.3 is 10.4 Å². The Kier molecular flexibility index (Phi) is 4.00. The van der Waals surface area contributed by atoms with Crippen LogP contribution in [0.15, 0.2) is 36.7 Å². The minimum absolute atomic E-state index is 0.0646. The molecule has 80 valence electrons. The van der Waals surface area contributed by atoms with Crippen molar-refractivity contribution in [2.45, 2.75) is 13.0 Å². The van der Waals surface area contributed by atoms with E-state index in [9.17, 15) is 4.79 Å². The average molecular weight is 206 g/mol. The van der Waals surface area contributed by atoms with E-state index in [0.29, 0.717) is 0 Å². The van der Waals surface area contributed by atoms with Crippen molar-refractivity contribution < 1.29 is 9.90 Å². The smallest absolute Gasteiger partial charge is 0.332 e. The minimum atomic E-state index is -0.971. The van der Waals surface area contributed by atoms with Gasteiger partial charge in [-0.3, -0.25) is 4.98 Å². The summed E-state index contributed by atoms with van der Waals surface area (Å²) in [7, 11) is 0. The molecule has 1 aromatic rings. The number of carboxylic acid groups (broad SMARTS) is 1. The summed E-state index contributed by atoms with van der Waals surface area (Å²) in [4.78, 5) is 14.5. The zero-order valence-electron chi connectivity index (χ0n) is 8.60. The van der Waals surface area contributed by atoms with Gasteiger partial charge in [0.2, 0.25) is 0 Å². The molecule has 4 heteroatoms. The van der Waals surface area contributed by atoms with Gasteiger partial charge in [-0.2, -0.15) is 0 Å². The van der Waals surface area contributed by atoms with Crippen LogP contribution in [0.4, 0.5) is 0 Å². The van der Waals surface area contributed by atoms with Crippen LogP contribution in [0.1, 0.15) is 18.5 Å². The van der Waals surface area contributed by atoms with Crippen LogP contribution >= 0.6 is 0 Å². The van der Waals surface area contributed by atoms with E-state index < -0.39 is 5.97 Å². The summed E-state index contributed by atoms with van der Waals surface area (Å²) in [6.07, 6.45) is 3.45. The maximum absolute atomic E-state index is 10.5. The standard InChI is InChI=1S/C11H14N2O2/c1-8(11(14)15)6-13-9(2)10-4-3-5-12-7-10/h3-5,7,9,13H,1,6H2,2H3,(H,14,15)/t9-/m0/s1. The molecule has 2 N–H and O–H groups in total. The molecule has 0 aliphatic rings. The number of carbonyl (C=O) groups is 1. The second kappa shape index (κ2) is 5.26. The third kappa shape index (κ3) is 3.52. The maximum atomic E-state index is 10.5. The molecular formula is C11H14N2O2. The van der Waals surface area contributed by atoms with Crippen molar-refractivity contribution >= 4 is 5.97 Å². The number of hydrogen-bond acceptors (Lipinski definition) is 3. The van der Waals surface area contributed by atoms with Gasteiger partial charge in [-0.15, -0.1) is 0 Å². The molecule has 0 unspecified atom stereocenters. The second-order valence-electron chi connectivity index (χ2n) is 3.30. The highest BCUT2D eigenvalue weighted by atomic mass is 16.4. The normalized spacial score (nSPS) is 12.1. The number of hydrogen-bond donors (Lipinski definition) is 2. The molecule has 1 atom stereocenters. The summed E-state index contributed by atoms with van der Waals surface area (Å²) < 4.78 is 0. The number of aromatic nitrogens is 1. The topological polar surface area (TPSA) is 62.2 Å². The van der Waals surface area contributed by atoms with Gasteiger partial charge in [-0.25, -0.2) is 4.79 Å². The summed E-state index contributed by atoms with van der Waals surface area (Å²) in [6, 6.07) is 3.85. The summed E-state index contributed by atoms with van der Waals surface area (Å²) in [5, 5.41) is 11.7. The van der Waals surface area contributed by atoms with Crippen LogP contribution < -0.4 is 5.32 Å². The Labute approximate surface area is 88.7 Å². The fourth-order valence-corrected chi connectivity index (χ4v) is 1.10. The molecule has 4 nitrogen and oxygen atoms in total. The van der Waals surface area contributed by atoms with Gasteiger partial charge >= 0.3 is 5.97 Å². The number of pyridine rings is 1. The van der Waals surface area contributed by atoms with E-state index >= 15 is 0 Å². The monoisotopic (exact) mass is 206 g/mol. The van der Waals surface area contributed by atoms with E-state index in [1.165, 1.54) is 0 Å². The van der Waals surface area contributed by atoms with Crippen LogP contribution in [0.2, 0.25) is 0 Å². The molecule has 15 heavy (non-hydrogen) atoms. The molecule has 1 heterocycles. The average Bonchev–Trinajstić information content (AvgIpc) is 2.26. The van der Waals surface area contributed by atoms with E-state index in [1.807, 2.05) is 19.1 Å². The Balaban J connectivity index is 2.47. The molecule has 0 saturated heterocycles. The molecule has 0 aliphatic carbocycles. The number of nitrogens with zero attached hydrogens (tertiary/aromatic N) is 1. The van der Waals surface area contributed by atoms with E-state index in [2.05, 4.69) is 16.9 Å². The van der Waals surface area contributed by atoms with Crippen molar-refractivity contribution in [3.63, 3.8) is 0 Å². The predicted molar refractivity (Wildman–Crippen MR) is 57.4 cm³/mol. The Hall–Kier alpha value is -1.68. The highest BCUT2D eigenvalue weighted by Gasteiger charge is 2.07. The molecule has 1 rings (SSSR count). The van der Waals surface area contributed by atoms with Gasteiger partial charge in [0.05, 0.1) is 0 Å². The minimum Gasteiger partial charge on any atom is -0.478 e. The summed E-state index contributed by atoms with van der Waals surface area (Å²) in [5.74, 6) is -0.971. The third-order valence-corrected chi connectivity index (χ3v) is 2.11. The number of aliphatic carboxylic acids is 1. The van der Waals surface area contributed by atoms with E-state index in [0.717, 1.165) is 5.56 Å². The van der Waals surface area contributed by atoms with Crippen LogP contribution in [0, 0.1) is 0 Å². The second-order valence-corrected chi connectivity index (χ2v) is 3.30. The predicted octanol–water partition coefficient (Wildman–Crippen LogP) is 1.37. The van der Waals surface area contributed by atoms with Gasteiger partial charge in [0.15, 0.2) is 0 Å². The first-order valence-electron chi connectivity index (χ1n) is 4.65. The molecule has 0 radical (unpaired) electrons. The lowest BCUT2D eigenvalue weighted by Crippen LogP contribution is -2.23. The number of carboxylic acids is 1. The summed E-state index contributed by atoms with van der Waals surface area (Å²) in [6.45, 7) is 5.66. The Morgan fingerprint density at radius 3 is 3.00 bits per heavy atom. The largest absolute Gasteiger partial charge is 0.478 e. The lowest BCUT2D eigenvalue weighted by Gasteiger charge is -2.13. The van der Waals surface area contributed by atoms with E-state index in [-0.39, 0.29) is 18.2 Å². The summed E-state index contributed by atoms with van der Waals surface area (Å²) >= 11 is 0. The molecule has 1 aromatic heterocycles. The Morgan fingerprint density at radius 2 is 2.47 bits per heavy atom. The zero-order valence-corrected chi connectivity index (χ0v) is 8.60. The molecule has 0 aromatic carbocycles. The van der Waals surface area contributed by atoms with Gasteiger partial charge in [0.25, 0.3) is 0 Å². The van der Waals surface area contributed by atoms with Crippen LogP contribution in [-0.4, -0.2) is 22.6 Å². The Bertz CT molecular complexity index is 349. The molecule has 0 bridgehead atoms. The van der Waals surface area contributed by atoms with Crippen molar-refractivity contribution in [3.05, 3.63) is 42.2 Å². The highest BCUT2D eigenvalue weighted by molar-refractivity contribution is 5.86. The van der Waals surface area contributed by atoms with Crippen molar-refractivity contribution in [1.82, 2.24) is 10.3 Å². The van der Waals surface area contributed by atoms with Crippen molar-refractivity contribution in [1.29, 1.82) is 0 Å². The molecule has 0 saturated carbocycles. The SMILES string of the molecule is C=C(CN[C@@H](C)c1cccnc1)C(=O)O. The summed E-state index contributed by atoms with van der Waals surface area (Å²) in [5.41, 5.74) is 1.18. The van der Waals surface area contributed by atoms with Crippen molar-refractivity contribution in [2.75, 3.05) is 6.54 Å². The number of rotatable bonds is 5. The first-order valence-corrected chi connectivity index (χ1v) is 4.65. The van der Waals surface area contributed by atoms with E-state index in [4.69, 9.17) is 5.11 Å². The molecule has 0 spiro atoms. The highest BCUT2D eigenvalue weighted by Crippen LogP contribution is 2.09. The Morgan fingerprint density at radius 1 is 1.73 bits per heavy atom. The quantitative estimate of drug-likeness (QED) is 0.714. The van der Waals surface area contributed by atoms with Crippen molar-refractivity contribution in [3.8, 4) is 0 Å². The fraction of sp³-hybridized carbons (Fsp3) is 0.273. The van der Waals surface area contributed by atoms with Crippen LogP contribution in [0.5, 0.6) is 0 Å². The molecule has 0 fully saturated rings. The maximum Gasteiger partial charge on any atom is 0.332 e. The lowest BCUT2D eigenvalue weighted by atomic mass is 10.1. The van der Waals surface area contributed by atoms with Gasteiger partial charge in [0, 0.05) is 30.6 Å². The zero-order chi connectivity index (χ0) is 11.3. The molecular weight excluding hydrogens is 192 g/mol. The fourth-order valence-electron chi connectivity index (χ4n) is 1.10. The van der Waals surface area contributed by atoms with Gasteiger partial charge in [-0.1, -0.05) is 12.6 Å². The van der Waals surface area contributed by atoms with Gasteiger partial charge in [0.1, 0.15) is 0 Å².